The first kappa shape index (κ1) is 16.5. The molecule has 128 valence electrons. The summed E-state index contributed by atoms with van der Waals surface area (Å²) in [6.45, 7) is 2.45. The standard InChI is InChI=1S/C18H24N4O2/c1-18(24,15-10-21-22(2)11-15)12-20-17(23)19-9-14-8-16(14)13-6-4-3-5-7-13/h3-7,10-11,14,16,24H,8-9,12H2,1-2H3,(H2,19,20,23). The van der Waals surface area contributed by atoms with Gasteiger partial charge < -0.3 is 15.7 Å². The van der Waals surface area contributed by atoms with Gasteiger partial charge in [-0.15, -0.1) is 0 Å². The number of rotatable bonds is 6. The summed E-state index contributed by atoms with van der Waals surface area (Å²) in [5, 5.41) is 20.1. The van der Waals surface area contributed by atoms with Gasteiger partial charge in [0.1, 0.15) is 5.60 Å². The Labute approximate surface area is 141 Å². The van der Waals surface area contributed by atoms with E-state index in [-0.39, 0.29) is 12.6 Å². The SMILES string of the molecule is Cn1cc(C(C)(O)CNC(=O)NCC2CC2c2ccccc2)cn1. The summed E-state index contributed by atoms with van der Waals surface area (Å²) in [4.78, 5) is 11.9. The molecule has 1 aromatic carbocycles. The molecule has 3 N–H and O–H groups in total. The molecule has 0 aliphatic heterocycles. The maximum atomic E-state index is 11.9. The van der Waals surface area contributed by atoms with Gasteiger partial charge in [0.25, 0.3) is 0 Å². The Kier molecular flexibility index (Phi) is 4.57. The molecule has 1 fully saturated rings. The second-order valence-electron chi connectivity index (χ2n) is 6.75. The first-order valence-corrected chi connectivity index (χ1v) is 8.24. The monoisotopic (exact) mass is 328 g/mol. The van der Waals surface area contributed by atoms with Crippen molar-refractivity contribution < 1.29 is 9.90 Å². The number of hydrogen-bond acceptors (Lipinski definition) is 3. The van der Waals surface area contributed by atoms with Crippen LogP contribution in [0.15, 0.2) is 42.7 Å². The fourth-order valence-electron chi connectivity index (χ4n) is 2.92. The summed E-state index contributed by atoms with van der Waals surface area (Å²) >= 11 is 0. The predicted octanol–water partition coefficient (Wildman–Crippen LogP) is 1.73. The van der Waals surface area contributed by atoms with Gasteiger partial charge in [-0.1, -0.05) is 30.3 Å². The van der Waals surface area contributed by atoms with Crippen molar-refractivity contribution >= 4 is 6.03 Å². The first-order valence-electron chi connectivity index (χ1n) is 8.24. The third-order valence-electron chi connectivity index (χ3n) is 4.60. The van der Waals surface area contributed by atoms with Gasteiger partial charge in [0, 0.05) is 25.4 Å². The molecular formula is C18H24N4O2. The highest BCUT2D eigenvalue weighted by atomic mass is 16.3. The lowest BCUT2D eigenvalue weighted by Gasteiger charge is -2.22. The zero-order valence-electron chi connectivity index (χ0n) is 14.1. The van der Waals surface area contributed by atoms with Crippen LogP contribution in [0.2, 0.25) is 0 Å². The average Bonchev–Trinajstić information content (AvgIpc) is 3.22. The molecule has 0 radical (unpaired) electrons. The van der Waals surface area contributed by atoms with Gasteiger partial charge in [0.05, 0.1) is 12.7 Å². The van der Waals surface area contributed by atoms with Crippen molar-refractivity contribution in [3.05, 3.63) is 53.9 Å². The average molecular weight is 328 g/mol. The molecule has 24 heavy (non-hydrogen) atoms. The highest BCUT2D eigenvalue weighted by molar-refractivity contribution is 5.74. The van der Waals surface area contributed by atoms with Crippen molar-refractivity contribution in [1.82, 2.24) is 20.4 Å². The van der Waals surface area contributed by atoms with Crippen LogP contribution in [0.3, 0.4) is 0 Å². The summed E-state index contributed by atoms with van der Waals surface area (Å²) in [5.74, 6) is 1.04. The molecule has 3 rings (SSSR count). The number of benzene rings is 1. The normalized spacial score (nSPS) is 21.8. The van der Waals surface area contributed by atoms with E-state index in [2.05, 4.69) is 27.9 Å². The van der Waals surface area contributed by atoms with Crippen molar-refractivity contribution in [2.24, 2.45) is 13.0 Å². The van der Waals surface area contributed by atoms with Crippen LogP contribution in [-0.2, 0) is 12.6 Å². The third-order valence-corrected chi connectivity index (χ3v) is 4.60. The lowest BCUT2D eigenvalue weighted by Crippen LogP contribution is -2.43. The second kappa shape index (κ2) is 6.65. The van der Waals surface area contributed by atoms with Gasteiger partial charge in [-0.05, 0) is 30.7 Å². The molecule has 1 saturated carbocycles. The Balaban J connectivity index is 1.41. The van der Waals surface area contributed by atoms with Crippen LogP contribution < -0.4 is 10.6 Å². The molecule has 1 heterocycles. The number of aryl methyl sites for hydroxylation is 1. The lowest BCUT2D eigenvalue weighted by molar-refractivity contribution is 0.0593. The smallest absolute Gasteiger partial charge is 0.314 e. The molecule has 1 aromatic heterocycles. The number of carbonyl (C=O) groups is 1. The maximum Gasteiger partial charge on any atom is 0.314 e. The Bertz CT molecular complexity index is 696. The van der Waals surface area contributed by atoms with E-state index in [1.54, 1.807) is 31.0 Å². The van der Waals surface area contributed by atoms with Crippen molar-refractivity contribution in [3.8, 4) is 0 Å². The van der Waals surface area contributed by atoms with Crippen LogP contribution >= 0.6 is 0 Å². The van der Waals surface area contributed by atoms with Crippen LogP contribution in [0, 0.1) is 5.92 Å². The van der Waals surface area contributed by atoms with Crippen LogP contribution in [-0.4, -0.2) is 34.0 Å². The molecule has 1 aliphatic rings. The van der Waals surface area contributed by atoms with Gasteiger partial charge in [0.2, 0.25) is 0 Å². The Morgan fingerprint density at radius 3 is 2.79 bits per heavy atom. The topological polar surface area (TPSA) is 79.2 Å². The zero-order chi connectivity index (χ0) is 17.2. The van der Waals surface area contributed by atoms with E-state index in [9.17, 15) is 9.90 Å². The maximum absolute atomic E-state index is 11.9. The van der Waals surface area contributed by atoms with Gasteiger partial charge in [-0.25, -0.2) is 4.79 Å². The summed E-state index contributed by atoms with van der Waals surface area (Å²) < 4.78 is 1.63. The molecule has 1 aliphatic carbocycles. The van der Waals surface area contributed by atoms with Gasteiger partial charge in [0.15, 0.2) is 0 Å². The second-order valence-corrected chi connectivity index (χ2v) is 6.75. The Morgan fingerprint density at radius 2 is 2.12 bits per heavy atom. The fourth-order valence-corrected chi connectivity index (χ4v) is 2.92. The van der Waals surface area contributed by atoms with Crippen molar-refractivity contribution in [2.45, 2.75) is 24.9 Å². The Morgan fingerprint density at radius 1 is 1.38 bits per heavy atom. The summed E-state index contributed by atoms with van der Waals surface area (Å²) in [6, 6.07) is 10.1. The molecule has 2 aromatic rings. The number of carbonyl (C=O) groups excluding carboxylic acids is 1. The molecular weight excluding hydrogens is 304 g/mol. The predicted molar refractivity (Wildman–Crippen MR) is 91.5 cm³/mol. The van der Waals surface area contributed by atoms with Crippen LogP contribution in [0.1, 0.15) is 30.4 Å². The molecule has 6 heteroatoms. The van der Waals surface area contributed by atoms with Crippen molar-refractivity contribution in [1.29, 1.82) is 0 Å². The fraction of sp³-hybridized carbons (Fsp3) is 0.444. The van der Waals surface area contributed by atoms with Gasteiger partial charge in [-0.3, -0.25) is 4.68 Å². The van der Waals surface area contributed by atoms with E-state index in [4.69, 9.17) is 0 Å². The highest BCUT2D eigenvalue weighted by Crippen LogP contribution is 2.46. The zero-order valence-corrected chi connectivity index (χ0v) is 14.1. The number of hydrogen-bond donors (Lipinski definition) is 3. The molecule has 0 spiro atoms. The number of aromatic nitrogens is 2. The molecule has 3 unspecified atom stereocenters. The minimum Gasteiger partial charge on any atom is -0.383 e. The Hall–Kier alpha value is -2.34. The summed E-state index contributed by atoms with van der Waals surface area (Å²) in [7, 11) is 1.79. The van der Waals surface area contributed by atoms with Crippen molar-refractivity contribution in [2.75, 3.05) is 13.1 Å². The van der Waals surface area contributed by atoms with E-state index in [0.717, 1.165) is 6.42 Å². The molecule has 2 amide bonds. The summed E-state index contributed by atoms with van der Waals surface area (Å²) in [6.07, 6.45) is 4.46. The lowest BCUT2D eigenvalue weighted by atomic mass is 10.00. The largest absolute Gasteiger partial charge is 0.383 e. The third kappa shape index (κ3) is 3.94. The number of nitrogens with zero attached hydrogens (tertiary/aromatic N) is 2. The van der Waals surface area contributed by atoms with E-state index < -0.39 is 5.60 Å². The van der Waals surface area contributed by atoms with E-state index >= 15 is 0 Å². The number of aliphatic hydroxyl groups is 1. The van der Waals surface area contributed by atoms with Gasteiger partial charge in [-0.2, -0.15) is 5.10 Å². The number of urea groups is 1. The summed E-state index contributed by atoms with van der Waals surface area (Å²) in [5.41, 5.74) is 0.874. The molecule has 0 bridgehead atoms. The van der Waals surface area contributed by atoms with Crippen LogP contribution in [0.25, 0.3) is 0 Å². The van der Waals surface area contributed by atoms with E-state index in [1.807, 2.05) is 18.2 Å². The quantitative estimate of drug-likeness (QED) is 0.755. The first-order chi connectivity index (χ1) is 11.5. The van der Waals surface area contributed by atoms with Crippen LogP contribution in [0.4, 0.5) is 4.79 Å². The molecule has 0 saturated heterocycles. The number of amides is 2. The highest BCUT2D eigenvalue weighted by Gasteiger charge is 2.38. The minimum absolute atomic E-state index is 0.136. The molecule has 3 atom stereocenters. The molecule has 6 nitrogen and oxygen atoms in total. The van der Waals surface area contributed by atoms with Gasteiger partial charge >= 0.3 is 6.03 Å². The van der Waals surface area contributed by atoms with Crippen LogP contribution in [0.5, 0.6) is 0 Å². The minimum atomic E-state index is -1.14. The van der Waals surface area contributed by atoms with E-state index in [0.29, 0.717) is 23.9 Å². The van der Waals surface area contributed by atoms with E-state index in [1.165, 1.54) is 5.56 Å². The number of nitrogens with one attached hydrogen (secondary N) is 2. The van der Waals surface area contributed by atoms with Crippen molar-refractivity contribution in [3.63, 3.8) is 0 Å².